The highest BCUT2D eigenvalue weighted by atomic mass is 16.5. The number of hydrogen-bond acceptors (Lipinski definition) is 5. The molecule has 0 saturated carbocycles. The molecule has 26 heavy (non-hydrogen) atoms. The average Bonchev–Trinajstić information content (AvgIpc) is 2.65. The molecule has 0 fully saturated rings. The molecule has 0 radical (unpaired) electrons. The Hall–Kier alpha value is -3.08. The van der Waals surface area contributed by atoms with E-state index >= 15 is 0 Å². The zero-order valence-electron chi connectivity index (χ0n) is 15.4. The second-order valence-corrected chi connectivity index (χ2v) is 6.19. The Balaban J connectivity index is 1.67. The van der Waals surface area contributed by atoms with Crippen molar-refractivity contribution >= 4 is 11.6 Å². The highest BCUT2D eigenvalue weighted by Crippen LogP contribution is 2.19. The van der Waals surface area contributed by atoms with Crippen molar-refractivity contribution in [2.24, 2.45) is 0 Å². The Bertz CT molecular complexity index is 879. The molecule has 0 amide bonds. The van der Waals surface area contributed by atoms with Gasteiger partial charge in [-0.1, -0.05) is 48.0 Å². The molecule has 2 N–H and O–H groups in total. The Labute approximate surface area is 154 Å². The molecule has 134 valence electrons. The first kappa shape index (κ1) is 17.7. The van der Waals surface area contributed by atoms with Crippen LogP contribution in [-0.2, 0) is 13.1 Å². The van der Waals surface area contributed by atoms with Gasteiger partial charge in [-0.15, -0.1) is 0 Å². The summed E-state index contributed by atoms with van der Waals surface area (Å²) in [5, 5.41) is 6.73. The highest BCUT2D eigenvalue weighted by Gasteiger charge is 2.05. The van der Waals surface area contributed by atoms with Crippen molar-refractivity contribution < 1.29 is 4.74 Å². The van der Waals surface area contributed by atoms with Gasteiger partial charge in [-0.25, -0.2) is 9.97 Å². The fourth-order valence-corrected chi connectivity index (χ4v) is 2.80. The molecule has 5 nitrogen and oxygen atoms in total. The quantitative estimate of drug-likeness (QED) is 0.666. The number of nitrogens with zero attached hydrogens (tertiary/aromatic N) is 2. The van der Waals surface area contributed by atoms with Crippen molar-refractivity contribution in [2.45, 2.75) is 26.9 Å². The van der Waals surface area contributed by atoms with Gasteiger partial charge in [-0.05, 0) is 25.5 Å². The standard InChI is InChI=1S/C21H24N4O/c1-15-7-6-8-17(11-15)13-22-20-12-21(25-16(2)24-20)23-14-18-9-4-5-10-19(18)26-3/h4-12H,13-14H2,1-3H3,(H2,22,23,24,25). The maximum absolute atomic E-state index is 5.39. The lowest BCUT2D eigenvalue weighted by atomic mass is 10.1. The van der Waals surface area contributed by atoms with Crippen molar-refractivity contribution in [3.8, 4) is 5.75 Å². The third-order valence-electron chi connectivity index (χ3n) is 4.05. The number of methoxy groups -OCH3 is 1. The minimum absolute atomic E-state index is 0.637. The van der Waals surface area contributed by atoms with Crippen LogP contribution in [0.4, 0.5) is 11.6 Å². The van der Waals surface area contributed by atoms with Crippen molar-refractivity contribution in [3.05, 3.63) is 77.1 Å². The van der Waals surface area contributed by atoms with E-state index < -0.39 is 0 Å². The molecule has 0 atom stereocenters. The molecule has 0 bridgehead atoms. The van der Waals surface area contributed by atoms with E-state index in [9.17, 15) is 0 Å². The van der Waals surface area contributed by atoms with Crippen LogP contribution in [0.5, 0.6) is 5.75 Å². The van der Waals surface area contributed by atoms with Crippen LogP contribution in [0.15, 0.2) is 54.6 Å². The van der Waals surface area contributed by atoms with E-state index in [2.05, 4.69) is 51.8 Å². The lowest BCUT2D eigenvalue weighted by Gasteiger charge is -2.12. The number of nitrogens with one attached hydrogen (secondary N) is 2. The van der Waals surface area contributed by atoms with Crippen LogP contribution in [0.25, 0.3) is 0 Å². The summed E-state index contributed by atoms with van der Waals surface area (Å²) < 4.78 is 5.39. The van der Waals surface area contributed by atoms with Gasteiger partial charge in [-0.2, -0.15) is 0 Å². The average molecular weight is 348 g/mol. The number of benzene rings is 2. The molecule has 0 saturated heterocycles. The summed E-state index contributed by atoms with van der Waals surface area (Å²) in [4.78, 5) is 8.94. The number of hydrogen-bond donors (Lipinski definition) is 2. The van der Waals surface area contributed by atoms with Crippen molar-refractivity contribution in [2.75, 3.05) is 17.7 Å². The van der Waals surface area contributed by atoms with E-state index in [-0.39, 0.29) is 0 Å². The minimum Gasteiger partial charge on any atom is -0.496 e. The van der Waals surface area contributed by atoms with Crippen molar-refractivity contribution in [1.82, 2.24) is 9.97 Å². The SMILES string of the molecule is COc1ccccc1CNc1cc(NCc2cccc(C)c2)nc(C)n1. The van der Waals surface area contributed by atoms with Crippen LogP contribution in [0.3, 0.4) is 0 Å². The molecule has 5 heteroatoms. The van der Waals surface area contributed by atoms with Gasteiger partial charge in [0, 0.05) is 24.7 Å². The molecule has 2 aromatic carbocycles. The smallest absolute Gasteiger partial charge is 0.132 e. The van der Waals surface area contributed by atoms with Gasteiger partial charge in [0.05, 0.1) is 7.11 Å². The number of rotatable bonds is 7. The first-order valence-corrected chi connectivity index (χ1v) is 8.65. The zero-order chi connectivity index (χ0) is 18.4. The highest BCUT2D eigenvalue weighted by molar-refractivity contribution is 5.49. The molecule has 0 spiro atoms. The molecule has 0 aliphatic rings. The number of para-hydroxylation sites is 1. The van der Waals surface area contributed by atoms with Crippen LogP contribution in [0, 0.1) is 13.8 Å². The van der Waals surface area contributed by atoms with Crippen molar-refractivity contribution in [3.63, 3.8) is 0 Å². The predicted octanol–water partition coefficient (Wildman–Crippen LogP) is 4.33. The second-order valence-electron chi connectivity index (χ2n) is 6.19. The lowest BCUT2D eigenvalue weighted by molar-refractivity contribution is 0.410. The fourth-order valence-electron chi connectivity index (χ4n) is 2.80. The molecule has 3 rings (SSSR count). The van der Waals surface area contributed by atoms with E-state index in [4.69, 9.17) is 4.74 Å². The monoisotopic (exact) mass is 348 g/mol. The molecule has 0 unspecified atom stereocenters. The third kappa shape index (κ3) is 4.72. The Morgan fingerprint density at radius 2 is 1.58 bits per heavy atom. The largest absolute Gasteiger partial charge is 0.496 e. The topological polar surface area (TPSA) is 59.1 Å². The van der Waals surface area contributed by atoms with Gasteiger partial charge < -0.3 is 15.4 Å². The number of anilines is 2. The van der Waals surface area contributed by atoms with Crippen LogP contribution < -0.4 is 15.4 Å². The van der Waals surface area contributed by atoms with Crippen LogP contribution >= 0.6 is 0 Å². The molecule has 1 aromatic heterocycles. The summed E-state index contributed by atoms with van der Waals surface area (Å²) in [7, 11) is 1.68. The minimum atomic E-state index is 0.637. The first-order valence-electron chi connectivity index (χ1n) is 8.65. The van der Waals surface area contributed by atoms with E-state index in [1.54, 1.807) is 7.11 Å². The first-order chi connectivity index (χ1) is 12.6. The normalized spacial score (nSPS) is 10.4. The summed E-state index contributed by atoms with van der Waals surface area (Å²) in [6.45, 7) is 5.35. The van der Waals surface area contributed by atoms with Gasteiger partial charge in [-0.3, -0.25) is 0 Å². The van der Waals surface area contributed by atoms with Gasteiger partial charge in [0.15, 0.2) is 0 Å². The van der Waals surface area contributed by atoms with Crippen LogP contribution in [-0.4, -0.2) is 17.1 Å². The maximum atomic E-state index is 5.39. The molecule has 1 heterocycles. The Kier molecular flexibility index (Phi) is 5.69. The number of aryl methyl sites for hydroxylation is 2. The molecule has 0 aliphatic carbocycles. The lowest BCUT2D eigenvalue weighted by Crippen LogP contribution is -2.07. The van der Waals surface area contributed by atoms with Crippen LogP contribution in [0.1, 0.15) is 22.5 Å². The van der Waals surface area contributed by atoms with Gasteiger partial charge in [0.25, 0.3) is 0 Å². The fraction of sp³-hybridized carbons (Fsp3) is 0.238. The van der Waals surface area contributed by atoms with Gasteiger partial charge in [0.2, 0.25) is 0 Å². The summed E-state index contributed by atoms with van der Waals surface area (Å²) in [6.07, 6.45) is 0. The molecule has 0 aliphatic heterocycles. The second kappa shape index (κ2) is 8.34. The number of aromatic nitrogens is 2. The molecule has 3 aromatic rings. The van der Waals surface area contributed by atoms with Crippen molar-refractivity contribution in [1.29, 1.82) is 0 Å². The maximum Gasteiger partial charge on any atom is 0.132 e. The molecular formula is C21H24N4O. The third-order valence-corrected chi connectivity index (χ3v) is 4.05. The van der Waals surface area contributed by atoms with E-state index in [0.717, 1.165) is 35.3 Å². The van der Waals surface area contributed by atoms with Gasteiger partial charge in [0.1, 0.15) is 23.2 Å². The predicted molar refractivity (Wildman–Crippen MR) is 106 cm³/mol. The van der Waals surface area contributed by atoms with Crippen LogP contribution in [0.2, 0.25) is 0 Å². The van der Waals surface area contributed by atoms with Gasteiger partial charge >= 0.3 is 0 Å². The summed E-state index contributed by atoms with van der Waals surface area (Å²) in [5.41, 5.74) is 3.56. The molecular weight excluding hydrogens is 324 g/mol. The summed E-state index contributed by atoms with van der Waals surface area (Å²) in [6, 6.07) is 18.3. The van der Waals surface area contributed by atoms with E-state index in [0.29, 0.717) is 6.54 Å². The Morgan fingerprint density at radius 1 is 0.846 bits per heavy atom. The summed E-state index contributed by atoms with van der Waals surface area (Å²) >= 11 is 0. The number of ether oxygens (including phenoxy) is 1. The Morgan fingerprint density at radius 3 is 2.31 bits per heavy atom. The summed E-state index contributed by atoms with van der Waals surface area (Å²) in [5.74, 6) is 3.18. The zero-order valence-corrected chi connectivity index (χ0v) is 15.4. The van der Waals surface area contributed by atoms with E-state index in [1.807, 2.05) is 37.3 Å². The van der Waals surface area contributed by atoms with E-state index in [1.165, 1.54) is 11.1 Å².